The van der Waals surface area contributed by atoms with Crippen molar-refractivity contribution in [3.05, 3.63) is 47.0 Å². The van der Waals surface area contributed by atoms with Crippen molar-refractivity contribution in [3.63, 3.8) is 0 Å². The van der Waals surface area contributed by atoms with Crippen molar-refractivity contribution >= 4 is 0 Å². The SMILES string of the molecule is CCCC[C@H]1CC[C@H](C=CC#C[C@H]2CC[C@H](c3cc(F)c(C(F)(F)F)c(F)c3)CC2)CC1. The van der Waals surface area contributed by atoms with Crippen LogP contribution in [0.1, 0.15) is 94.6 Å². The normalized spacial score (nSPS) is 26.7. The Morgan fingerprint density at radius 3 is 2.12 bits per heavy atom. The molecule has 3 rings (SSSR count). The van der Waals surface area contributed by atoms with Crippen LogP contribution < -0.4 is 0 Å². The maximum atomic E-state index is 13.9. The number of unbranched alkanes of at least 4 members (excludes halogenated alkanes) is 1. The van der Waals surface area contributed by atoms with Gasteiger partial charge in [0.2, 0.25) is 0 Å². The molecule has 2 fully saturated rings. The Morgan fingerprint density at radius 2 is 1.56 bits per heavy atom. The van der Waals surface area contributed by atoms with Crippen LogP contribution in [0.3, 0.4) is 0 Å². The summed E-state index contributed by atoms with van der Waals surface area (Å²) in [6, 6.07) is 1.70. The predicted molar refractivity (Wildman–Crippen MR) is 118 cm³/mol. The summed E-state index contributed by atoms with van der Waals surface area (Å²) in [7, 11) is 0. The van der Waals surface area contributed by atoms with E-state index in [9.17, 15) is 22.0 Å². The summed E-state index contributed by atoms with van der Waals surface area (Å²) in [4.78, 5) is 0. The molecule has 0 saturated heterocycles. The standard InChI is InChI=1S/C27H33F5/c1-2-3-6-19-9-11-20(12-10-19)7-4-5-8-21-13-15-22(16-14-21)23-17-24(28)26(25(29)18-23)27(30,31)32/h4,7,17-22H,2-3,6,9-16H2,1H3/t19-,20-,21-,22-. The van der Waals surface area contributed by atoms with Crippen LogP contribution in [0.5, 0.6) is 0 Å². The minimum absolute atomic E-state index is 0.127. The minimum Gasteiger partial charge on any atom is -0.206 e. The molecule has 2 aliphatic carbocycles. The van der Waals surface area contributed by atoms with Crippen LogP contribution >= 0.6 is 0 Å². The van der Waals surface area contributed by atoms with Crippen molar-refractivity contribution in [2.45, 2.75) is 89.6 Å². The lowest BCUT2D eigenvalue weighted by molar-refractivity contribution is -0.142. The molecule has 0 bridgehead atoms. The minimum atomic E-state index is -5.03. The monoisotopic (exact) mass is 452 g/mol. The topological polar surface area (TPSA) is 0 Å². The highest BCUT2D eigenvalue weighted by Crippen LogP contribution is 2.39. The summed E-state index contributed by atoms with van der Waals surface area (Å²) >= 11 is 0. The smallest absolute Gasteiger partial charge is 0.206 e. The van der Waals surface area contributed by atoms with Crippen molar-refractivity contribution in [2.75, 3.05) is 0 Å². The molecule has 2 saturated carbocycles. The zero-order valence-corrected chi connectivity index (χ0v) is 18.8. The average Bonchev–Trinajstić information content (AvgIpc) is 2.75. The van der Waals surface area contributed by atoms with Crippen molar-refractivity contribution < 1.29 is 22.0 Å². The summed E-state index contributed by atoms with van der Waals surface area (Å²) in [5.74, 6) is 5.02. The molecule has 0 nitrogen and oxygen atoms in total. The van der Waals surface area contributed by atoms with E-state index in [1.807, 2.05) is 6.08 Å². The molecule has 0 N–H and O–H groups in total. The number of benzene rings is 1. The van der Waals surface area contributed by atoms with Gasteiger partial charge in [-0.05, 0) is 92.9 Å². The summed E-state index contributed by atoms with van der Waals surface area (Å²) in [5, 5.41) is 0. The Bertz CT molecular complexity index is 803. The first-order valence-corrected chi connectivity index (χ1v) is 12.0. The van der Waals surface area contributed by atoms with Crippen LogP contribution in [0, 0.1) is 41.2 Å². The van der Waals surface area contributed by atoms with Gasteiger partial charge in [-0.25, -0.2) is 8.78 Å². The highest BCUT2D eigenvalue weighted by Gasteiger charge is 2.38. The molecule has 0 unspecified atom stereocenters. The lowest BCUT2D eigenvalue weighted by Crippen LogP contribution is -2.15. The van der Waals surface area contributed by atoms with Gasteiger partial charge in [-0.15, -0.1) is 0 Å². The fraction of sp³-hybridized carbons (Fsp3) is 0.630. The van der Waals surface area contributed by atoms with Crippen LogP contribution in [0.2, 0.25) is 0 Å². The van der Waals surface area contributed by atoms with E-state index < -0.39 is 23.4 Å². The van der Waals surface area contributed by atoms with E-state index >= 15 is 0 Å². The average molecular weight is 453 g/mol. The van der Waals surface area contributed by atoms with Crippen LogP contribution in [0.15, 0.2) is 24.3 Å². The van der Waals surface area contributed by atoms with Crippen molar-refractivity contribution in [1.29, 1.82) is 0 Å². The first kappa shape index (κ1) is 24.8. The van der Waals surface area contributed by atoms with Gasteiger partial charge in [0.05, 0.1) is 0 Å². The Morgan fingerprint density at radius 1 is 0.938 bits per heavy atom. The molecule has 0 amide bonds. The van der Waals surface area contributed by atoms with Crippen LogP contribution in [0.4, 0.5) is 22.0 Å². The molecule has 1 aromatic rings. The van der Waals surface area contributed by atoms with Gasteiger partial charge in [0, 0.05) is 5.92 Å². The van der Waals surface area contributed by atoms with E-state index in [4.69, 9.17) is 0 Å². The maximum absolute atomic E-state index is 13.9. The van der Waals surface area contributed by atoms with Crippen LogP contribution in [-0.2, 0) is 6.18 Å². The zero-order valence-electron chi connectivity index (χ0n) is 18.8. The lowest BCUT2D eigenvalue weighted by Gasteiger charge is -2.26. The van der Waals surface area contributed by atoms with Gasteiger partial charge >= 0.3 is 6.18 Å². The van der Waals surface area contributed by atoms with Gasteiger partial charge in [0.1, 0.15) is 17.2 Å². The molecule has 2 aliphatic rings. The van der Waals surface area contributed by atoms with Crippen LogP contribution in [-0.4, -0.2) is 0 Å². The Labute approximate surface area is 188 Å². The second-order valence-electron chi connectivity index (χ2n) is 9.48. The molecule has 0 heterocycles. The first-order chi connectivity index (χ1) is 15.3. The van der Waals surface area contributed by atoms with Gasteiger partial charge in [0.15, 0.2) is 0 Å². The van der Waals surface area contributed by atoms with E-state index in [1.54, 1.807) is 0 Å². The molecule has 0 spiro atoms. The number of alkyl halides is 3. The highest BCUT2D eigenvalue weighted by molar-refractivity contribution is 5.31. The Kier molecular flexibility index (Phi) is 8.79. The van der Waals surface area contributed by atoms with E-state index in [-0.39, 0.29) is 11.8 Å². The van der Waals surface area contributed by atoms with E-state index in [0.717, 1.165) is 30.9 Å². The quantitative estimate of drug-likeness (QED) is 0.309. The Balaban J connectivity index is 1.46. The molecular weight excluding hydrogens is 419 g/mol. The number of allylic oxidation sites excluding steroid dienone is 2. The van der Waals surface area contributed by atoms with E-state index in [0.29, 0.717) is 24.3 Å². The number of halogens is 5. The molecule has 0 atom stereocenters. The number of hydrogen-bond donors (Lipinski definition) is 0. The van der Waals surface area contributed by atoms with Crippen molar-refractivity contribution in [1.82, 2.24) is 0 Å². The van der Waals surface area contributed by atoms with Crippen molar-refractivity contribution in [2.24, 2.45) is 17.8 Å². The molecule has 5 heteroatoms. The Hall–Kier alpha value is -1.83. The second-order valence-corrected chi connectivity index (χ2v) is 9.48. The molecule has 32 heavy (non-hydrogen) atoms. The van der Waals surface area contributed by atoms with Gasteiger partial charge in [-0.3, -0.25) is 0 Å². The summed E-state index contributed by atoms with van der Waals surface area (Å²) in [6.07, 6.45) is 11.2. The van der Waals surface area contributed by atoms with E-state index in [2.05, 4.69) is 24.8 Å². The maximum Gasteiger partial charge on any atom is 0.422 e. The molecule has 176 valence electrons. The largest absolute Gasteiger partial charge is 0.422 e. The highest BCUT2D eigenvalue weighted by atomic mass is 19.4. The fourth-order valence-corrected chi connectivity index (χ4v) is 5.18. The van der Waals surface area contributed by atoms with Gasteiger partial charge in [-0.2, -0.15) is 13.2 Å². The molecule has 0 aliphatic heterocycles. The second kappa shape index (κ2) is 11.3. The lowest BCUT2D eigenvalue weighted by atomic mass is 9.78. The zero-order chi connectivity index (χ0) is 23.1. The van der Waals surface area contributed by atoms with E-state index in [1.165, 1.54) is 44.9 Å². The molecule has 0 aromatic heterocycles. The third-order valence-corrected chi connectivity index (χ3v) is 7.14. The third-order valence-electron chi connectivity index (χ3n) is 7.14. The van der Waals surface area contributed by atoms with Gasteiger partial charge in [-0.1, -0.05) is 44.1 Å². The summed E-state index contributed by atoms with van der Waals surface area (Å²) in [5.41, 5.74) is -1.49. The summed E-state index contributed by atoms with van der Waals surface area (Å²) < 4.78 is 66.1. The third kappa shape index (κ3) is 6.83. The van der Waals surface area contributed by atoms with Crippen LogP contribution in [0.25, 0.3) is 0 Å². The fourth-order valence-electron chi connectivity index (χ4n) is 5.18. The van der Waals surface area contributed by atoms with Crippen molar-refractivity contribution in [3.8, 4) is 11.8 Å². The first-order valence-electron chi connectivity index (χ1n) is 12.0. The molecule has 0 radical (unpaired) electrons. The molecule has 1 aromatic carbocycles. The summed E-state index contributed by atoms with van der Waals surface area (Å²) in [6.45, 7) is 2.24. The predicted octanol–water partition coefficient (Wildman–Crippen LogP) is 8.81. The number of rotatable bonds is 5. The van der Waals surface area contributed by atoms with Gasteiger partial charge < -0.3 is 0 Å². The van der Waals surface area contributed by atoms with Gasteiger partial charge in [0.25, 0.3) is 0 Å². The number of hydrogen-bond acceptors (Lipinski definition) is 0. The molecular formula is C27H33F5.